The van der Waals surface area contributed by atoms with E-state index < -0.39 is 0 Å². The van der Waals surface area contributed by atoms with Gasteiger partial charge in [0.05, 0.1) is 16.5 Å². The molecule has 2 heterocycles. The van der Waals surface area contributed by atoms with Gasteiger partial charge in [0.15, 0.2) is 0 Å². The lowest BCUT2D eigenvalue weighted by Gasteiger charge is -2.31. The van der Waals surface area contributed by atoms with Crippen molar-refractivity contribution in [3.8, 4) is 0 Å². The smallest absolute Gasteiger partial charge is 0.0944 e. The van der Waals surface area contributed by atoms with E-state index in [0.29, 0.717) is 11.2 Å². The third kappa shape index (κ3) is 1.40. The van der Waals surface area contributed by atoms with Gasteiger partial charge in [-0.25, -0.2) is 0 Å². The van der Waals surface area contributed by atoms with E-state index in [4.69, 9.17) is 0 Å². The predicted octanol–water partition coefficient (Wildman–Crippen LogP) is 3.89. The van der Waals surface area contributed by atoms with Crippen LogP contribution in [0.4, 0.5) is 5.69 Å². The molecule has 1 aliphatic carbocycles. The molecule has 1 N–H and O–H groups in total. The highest BCUT2D eigenvalue weighted by atomic mass is 32.2. The van der Waals surface area contributed by atoms with Gasteiger partial charge in [0.2, 0.25) is 0 Å². The second-order valence-corrected chi connectivity index (χ2v) is 5.57. The SMILES string of the molecule is C1=CC2SNc3c(ccc4cccnc34)C2C=C1. The average Bonchev–Trinajstić information content (AvgIpc) is 2.46. The molecule has 0 saturated heterocycles. The lowest BCUT2D eigenvalue weighted by molar-refractivity contribution is 0.868. The lowest BCUT2D eigenvalue weighted by Crippen LogP contribution is -2.21. The quantitative estimate of drug-likeness (QED) is 0.720. The van der Waals surface area contributed by atoms with E-state index in [2.05, 4.69) is 52.2 Å². The Morgan fingerprint density at radius 1 is 1.11 bits per heavy atom. The van der Waals surface area contributed by atoms with Crippen molar-refractivity contribution in [2.24, 2.45) is 0 Å². The zero-order chi connectivity index (χ0) is 11.9. The van der Waals surface area contributed by atoms with Crippen LogP contribution in [-0.2, 0) is 0 Å². The fourth-order valence-corrected chi connectivity index (χ4v) is 3.67. The summed E-state index contributed by atoms with van der Waals surface area (Å²) in [5.41, 5.74) is 3.61. The number of anilines is 1. The molecule has 0 radical (unpaired) electrons. The first-order chi connectivity index (χ1) is 8.93. The molecule has 0 bridgehead atoms. The van der Waals surface area contributed by atoms with Crippen molar-refractivity contribution in [3.63, 3.8) is 0 Å². The van der Waals surface area contributed by atoms with Gasteiger partial charge < -0.3 is 4.72 Å². The van der Waals surface area contributed by atoms with Crippen LogP contribution < -0.4 is 4.72 Å². The van der Waals surface area contributed by atoms with Gasteiger partial charge in [-0.15, -0.1) is 0 Å². The molecule has 18 heavy (non-hydrogen) atoms. The number of hydrogen-bond donors (Lipinski definition) is 1. The summed E-state index contributed by atoms with van der Waals surface area (Å²) in [4.78, 5) is 4.51. The summed E-state index contributed by atoms with van der Waals surface area (Å²) in [6.07, 6.45) is 10.7. The Labute approximate surface area is 110 Å². The monoisotopic (exact) mass is 252 g/mol. The second-order valence-electron chi connectivity index (χ2n) is 4.59. The highest BCUT2D eigenvalue weighted by Crippen LogP contribution is 2.44. The highest BCUT2D eigenvalue weighted by molar-refractivity contribution is 8.01. The maximum Gasteiger partial charge on any atom is 0.0944 e. The molecule has 2 aliphatic rings. The molecule has 0 fully saturated rings. The molecule has 0 amide bonds. The fraction of sp³-hybridized carbons (Fsp3) is 0.133. The highest BCUT2D eigenvalue weighted by Gasteiger charge is 2.29. The molecule has 88 valence electrons. The molecule has 1 aliphatic heterocycles. The Kier molecular flexibility index (Phi) is 2.20. The van der Waals surface area contributed by atoms with Crippen molar-refractivity contribution in [1.82, 2.24) is 4.98 Å². The van der Waals surface area contributed by atoms with Gasteiger partial charge in [-0.3, -0.25) is 4.98 Å². The number of nitrogens with one attached hydrogen (secondary N) is 1. The van der Waals surface area contributed by atoms with Crippen LogP contribution in [0.1, 0.15) is 11.5 Å². The van der Waals surface area contributed by atoms with Gasteiger partial charge in [0.25, 0.3) is 0 Å². The van der Waals surface area contributed by atoms with Crippen LogP contribution in [-0.4, -0.2) is 10.2 Å². The van der Waals surface area contributed by atoms with Crippen LogP contribution in [0.2, 0.25) is 0 Å². The number of allylic oxidation sites excluding steroid dienone is 3. The molecule has 2 atom stereocenters. The zero-order valence-electron chi connectivity index (χ0n) is 9.71. The van der Waals surface area contributed by atoms with Crippen LogP contribution in [0.5, 0.6) is 0 Å². The summed E-state index contributed by atoms with van der Waals surface area (Å²) in [7, 11) is 0. The number of benzene rings is 1. The standard InChI is InChI=1S/C15H12N2S/c1-2-6-13-11(5-1)12-8-7-10-4-3-9-16-14(10)15(12)17-18-13/h1-9,11,13,17H. The molecule has 2 unspecified atom stereocenters. The average molecular weight is 252 g/mol. The Bertz CT molecular complexity index is 675. The maximum absolute atomic E-state index is 4.51. The molecule has 3 heteroatoms. The summed E-state index contributed by atoms with van der Waals surface area (Å²) in [5, 5.41) is 1.68. The van der Waals surface area contributed by atoms with E-state index >= 15 is 0 Å². The Morgan fingerprint density at radius 3 is 3.06 bits per heavy atom. The molecule has 4 rings (SSSR count). The van der Waals surface area contributed by atoms with Crippen molar-refractivity contribution >= 4 is 28.5 Å². The zero-order valence-corrected chi connectivity index (χ0v) is 10.5. The molecule has 2 aromatic rings. The summed E-state index contributed by atoms with van der Waals surface area (Å²) in [6, 6.07) is 8.49. The summed E-state index contributed by atoms with van der Waals surface area (Å²) < 4.78 is 3.47. The summed E-state index contributed by atoms with van der Waals surface area (Å²) in [6.45, 7) is 0. The molecule has 1 aromatic heterocycles. The van der Waals surface area contributed by atoms with Crippen molar-refractivity contribution in [2.45, 2.75) is 11.2 Å². The number of aromatic nitrogens is 1. The van der Waals surface area contributed by atoms with E-state index in [1.54, 1.807) is 11.9 Å². The van der Waals surface area contributed by atoms with E-state index in [0.717, 1.165) is 5.52 Å². The van der Waals surface area contributed by atoms with Crippen molar-refractivity contribution in [1.29, 1.82) is 0 Å². The first-order valence-corrected chi connectivity index (χ1v) is 6.96. The van der Waals surface area contributed by atoms with Gasteiger partial charge in [-0.1, -0.05) is 42.5 Å². The molecular weight excluding hydrogens is 240 g/mol. The van der Waals surface area contributed by atoms with Gasteiger partial charge in [-0.05, 0) is 23.6 Å². The molecule has 0 spiro atoms. The van der Waals surface area contributed by atoms with Crippen molar-refractivity contribution in [2.75, 3.05) is 4.72 Å². The third-order valence-electron chi connectivity index (χ3n) is 3.55. The van der Waals surface area contributed by atoms with Crippen LogP contribution in [0.25, 0.3) is 10.9 Å². The molecule has 0 saturated carbocycles. The Balaban J connectivity index is 1.96. The summed E-state index contributed by atoms with van der Waals surface area (Å²) >= 11 is 1.78. The minimum absolute atomic E-state index is 0.461. The molecular formula is C15H12N2S. The van der Waals surface area contributed by atoms with Crippen LogP contribution in [0.3, 0.4) is 0 Å². The van der Waals surface area contributed by atoms with Gasteiger partial charge in [0.1, 0.15) is 0 Å². The van der Waals surface area contributed by atoms with Crippen LogP contribution in [0.15, 0.2) is 54.8 Å². The third-order valence-corrected chi connectivity index (χ3v) is 4.59. The second kappa shape index (κ2) is 3.89. The minimum Gasteiger partial charge on any atom is -0.327 e. The largest absolute Gasteiger partial charge is 0.327 e. The number of rotatable bonds is 0. The fourth-order valence-electron chi connectivity index (χ4n) is 2.65. The van der Waals surface area contributed by atoms with Gasteiger partial charge in [0, 0.05) is 17.5 Å². The molecule has 1 aromatic carbocycles. The minimum atomic E-state index is 0.461. The van der Waals surface area contributed by atoms with Crippen LogP contribution >= 0.6 is 11.9 Å². The van der Waals surface area contributed by atoms with E-state index in [1.165, 1.54) is 16.6 Å². The maximum atomic E-state index is 4.51. The first kappa shape index (κ1) is 10.2. The Morgan fingerprint density at radius 2 is 2.06 bits per heavy atom. The Hall–Kier alpha value is -1.74. The van der Waals surface area contributed by atoms with E-state index in [1.807, 2.05) is 12.3 Å². The van der Waals surface area contributed by atoms with Crippen molar-refractivity contribution in [3.05, 3.63) is 60.3 Å². The van der Waals surface area contributed by atoms with Gasteiger partial charge in [-0.2, -0.15) is 0 Å². The normalized spacial score (nSPS) is 24.4. The lowest BCUT2D eigenvalue weighted by atomic mass is 9.89. The van der Waals surface area contributed by atoms with E-state index in [-0.39, 0.29) is 0 Å². The predicted molar refractivity (Wildman–Crippen MR) is 77.8 cm³/mol. The van der Waals surface area contributed by atoms with Crippen LogP contribution in [0, 0.1) is 0 Å². The topological polar surface area (TPSA) is 24.9 Å². The van der Waals surface area contributed by atoms with Gasteiger partial charge >= 0.3 is 0 Å². The number of pyridine rings is 1. The number of nitrogens with zero attached hydrogens (tertiary/aromatic N) is 1. The number of fused-ring (bicyclic) bond motifs is 5. The molecule has 2 nitrogen and oxygen atoms in total. The summed E-state index contributed by atoms with van der Waals surface area (Å²) in [5.74, 6) is 0.461. The van der Waals surface area contributed by atoms with E-state index in [9.17, 15) is 0 Å². The number of hydrogen-bond acceptors (Lipinski definition) is 3. The van der Waals surface area contributed by atoms with Crippen molar-refractivity contribution < 1.29 is 0 Å². The first-order valence-electron chi connectivity index (χ1n) is 6.08.